The van der Waals surface area contributed by atoms with Gasteiger partial charge in [0.25, 0.3) is 0 Å². The number of carbonyl (C=O) groups excluding carboxylic acids is 1. The zero-order valence-electron chi connectivity index (χ0n) is 10.2. The Kier molecular flexibility index (Phi) is 2.63. The molecule has 1 aliphatic heterocycles. The first-order valence-corrected chi connectivity index (χ1v) is 6.24. The van der Waals surface area contributed by atoms with E-state index in [9.17, 15) is 4.79 Å². The standard InChI is InChI=1S/C14H15N3O/c1-2-5-11-14(18)17-12-8-15-10-7-4-3-6-9(10)13(12)16-11/h3-4,6-8,11,16H,2,5H2,1H3,(H,17,18). The van der Waals surface area contributed by atoms with E-state index in [1.54, 1.807) is 6.20 Å². The van der Waals surface area contributed by atoms with Crippen molar-refractivity contribution in [1.29, 1.82) is 0 Å². The summed E-state index contributed by atoms with van der Waals surface area (Å²) in [5.74, 6) is 0.0291. The van der Waals surface area contributed by atoms with Crippen LogP contribution in [0.5, 0.6) is 0 Å². The number of anilines is 2. The van der Waals surface area contributed by atoms with E-state index in [-0.39, 0.29) is 11.9 Å². The van der Waals surface area contributed by atoms with Crippen LogP contribution in [0, 0.1) is 0 Å². The second-order valence-corrected chi connectivity index (χ2v) is 4.54. The fraction of sp³-hybridized carbons (Fsp3) is 0.286. The summed E-state index contributed by atoms with van der Waals surface area (Å²) in [7, 11) is 0. The number of rotatable bonds is 2. The molecule has 0 radical (unpaired) electrons. The van der Waals surface area contributed by atoms with Gasteiger partial charge in [0, 0.05) is 5.39 Å². The Bertz CT molecular complexity index is 609. The Hall–Kier alpha value is -2.10. The minimum Gasteiger partial charge on any atom is -0.371 e. The number of hydrogen-bond donors (Lipinski definition) is 2. The third kappa shape index (κ3) is 1.70. The van der Waals surface area contributed by atoms with Crippen molar-refractivity contribution < 1.29 is 4.79 Å². The first-order chi connectivity index (χ1) is 8.79. The molecule has 0 aliphatic carbocycles. The molecule has 4 heteroatoms. The smallest absolute Gasteiger partial charge is 0.246 e. The van der Waals surface area contributed by atoms with E-state index in [1.807, 2.05) is 24.3 Å². The van der Waals surface area contributed by atoms with E-state index in [2.05, 4.69) is 22.5 Å². The molecule has 1 atom stereocenters. The summed E-state index contributed by atoms with van der Waals surface area (Å²) in [6, 6.07) is 7.80. The van der Waals surface area contributed by atoms with E-state index in [0.29, 0.717) is 0 Å². The van der Waals surface area contributed by atoms with Gasteiger partial charge in [0.2, 0.25) is 5.91 Å². The van der Waals surface area contributed by atoms with Crippen molar-refractivity contribution in [2.45, 2.75) is 25.8 Å². The lowest BCUT2D eigenvalue weighted by Crippen LogP contribution is -2.38. The number of benzene rings is 1. The highest BCUT2D eigenvalue weighted by Crippen LogP contribution is 2.33. The largest absolute Gasteiger partial charge is 0.371 e. The molecular formula is C14H15N3O. The lowest BCUT2D eigenvalue weighted by molar-refractivity contribution is -0.117. The number of aromatic nitrogens is 1. The summed E-state index contributed by atoms with van der Waals surface area (Å²) in [6.45, 7) is 2.08. The highest BCUT2D eigenvalue weighted by atomic mass is 16.2. The number of nitrogens with zero attached hydrogens (tertiary/aromatic N) is 1. The van der Waals surface area contributed by atoms with Gasteiger partial charge in [-0.2, -0.15) is 0 Å². The van der Waals surface area contributed by atoms with Crippen LogP contribution in [0.4, 0.5) is 11.4 Å². The number of fused-ring (bicyclic) bond motifs is 3. The number of pyridine rings is 1. The normalized spacial score (nSPS) is 18.1. The molecule has 0 saturated heterocycles. The van der Waals surface area contributed by atoms with Crippen LogP contribution >= 0.6 is 0 Å². The van der Waals surface area contributed by atoms with E-state index < -0.39 is 0 Å². The van der Waals surface area contributed by atoms with E-state index in [0.717, 1.165) is 35.1 Å². The third-order valence-electron chi connectivity index (χ3n) is 3.25. The molecule has 1 unspecified atom stereocenters. The number of carbonyl (C=O) groups is 1. The molecule has 0 bridgehead atoms. The quantitative estimate of drug-likeness (QED) is 0.850. The molecule has 0 saturated carbocycles. The number of hydrogen-bond acceptors (Lipinski definition) is 3. The van der Waals surface area contributed by atoms with Crippen LogP contribution in [0.3, 0.4) is 0 Å². The predicted octanol–water partition coefficient (Wildman–Crippen LogP) is 2.77. The van der Waals surface area contributed by atoms with Crippen molar-refractivity contribution in [3.63, 3.8) is 0 Å². The first-order valence-electron chi connectivity index (χ1n) is 6.24. The monoisotopic (exact) mass is 241 g/mol. The van der Waals surface area contributed by atoms with Crippen LogP contribution in [0.2, 0.25) is 0 Å². The zero-order chi connectivity index (χ0) is 12.5. The Morgan fingerprint density at radius 2 is 2.17 bits per heavy atom. The Labute approximate surface area is 105 Å². The molecular weight excluding hydrogens is 226 g/mol. The van der Waals surface area contributed by atoms with Crippen molar-refractivity contribution in [3.8, 4) is 0 Å². The van der Waals surface area contributed by atoms with E-state index in [4.69, 9.17) is 0 Å². The Morgan fingerprint density at radius 3 is 3.00 bits per heavy atom. The molecule has 0 spiro atoms. The van der Waals surface area contributed by atoms with Crippen LogP contribution in [-0.2, 0) is 4.79 Å². The van der Waals surface area contributed by atoms with Crippen molar-refractivity contribution in [2.75, 3.05) is 10.6 Å². The molecule has 2 heterocycles. The van der Waals surface area contributed by atoms with Gasteiger partial charge in [0.15, 0.2) is 0 Å². The summed E-state index contributed by atoms with van der Waals surface area (Å²) in [4.78, 5) is 16.2. The van der Waals surface area contributed by atoms with Gasteiger partial charge in [-0.05, 0) is 12.5 Å². The second-order valence-electron chi connectivity index (χ2n) is 4.54. The summed E-state index contributed by atoms with van der Waals surface area (Å²) in [5, 5.41) is 7.31. The molecule has 2 N–H and O–H groups in total. The predicted molar refractivity (Wildman–Crippen MR) is 72.7 cm³/mol. The van der Waals surface area contributed by atoms with Crippen molar-refractivity contribution in [1.82, 2.24) is 4.98 Å². The minimum absolute atomic E-state index is 0.0291. The Morgan fingerprint density at radius 1 is 1.33 bits per heavy atom. The van der Waals surface area contributed by atoms with Gasteiger partial charge in [-0.3, -0.25) is 9.78 Å². The van der Waals surface area contributed by atoms with Gasteiger partial charge in [0.1, 0.15) is 6.04 Å². The average Bonchev–Trinajstić information content (AvgIpc) is 2.40. The molecule has 92 valence electrons. The van der Waals surface area contributed by atoms with Crippen molar-refractivity contribution >= 4 is 28.2 Å². The summed E-state index contributed by atoms with van der Waals surface area (Å²) >= 11 is 0. The molecule has 1 aliphatic rings. The molecule has 18 heavy (non-hydrogen) atoms. The lowest BCUT2D eigenvalue weighted by Gasteiger charge is -2.27. The van der Waals surface area contributed by atoms with Crippen LogP contribution < -0.4 is 10.6 Å². The lowest BCUT2D eigenvalue weighted by atomic mass is 10.1. The van der Waals surface area contributed by atoms with Gasteiger partial charge < -0.3 is 10.6 Å². The molecule has 0 fully saturated rings. The zero-order valence-corrected chi connectivity index (χ0v) is 10.2. The first kappa shape index (κ1) is 11.0. The van der Waals surface area contributed by atoms with Crippen LogP contribution in [0.1, 0.15) is 19.8 Å². The number of amides is 1. The van der Waals surface area contributed by atoms with Gasteiger partial charge in [-0.1, -0.05) is 31.5 Å². The highest BCUT2D eigenvalue weighted by molar-refractivity contribution is 6.09. The van der Waals surface area contributed by atoms with Gasteiger partial charge >= 0.3 is 0 Å². The van der Waals surface area contributed by atoms with Crippen LogP contribution in [0.25, 0.3) is 10.9 Å². The molecule has 2 aromatic rings. The van der Waals surface area contributed by atoms with Crippen molar-refractivity contribution in [2.24, 2.45) is 0 Å². The van der Waals surface area contributed by atoms with Gasteiger partial charge in [0.05, 0.1) is 23.1 Å². The summed E-state index contributed by atoms with van der Waals surface area (Å²) < 4.78 is 0. The Balaban J connectivity index is 2.11. The third-order valence-corrected chi connectivity index (χ3v) is 3.25. The minimum atomic E-state index is -0.145. The summed E-state index contributed by atoms with van der Waals surface area (Å²) in [6.07, 6.45) is 3.52. The van der Waals surface area contributed by atoms with Gasteiger partial charge in [-0.15, -0.1) is 0 Å². The van der Waals surface area contributed by atoms with E-state index >= 15 is 0 Å². The molecule has 4 nitrogen and oxygen atoms in total. The molecule has 1 aromatic heterocycles. The maximum absolute atomic E-state index is 11.9. The van der Waals surface area contributed by atoms with E-state index in [1.165, 1.54) is 0 Å². The number of nitrogens with one attached hydrogen (secondary N) is 2. The second kappa shape index (κ2) is 4.29. The maximum Gasteiger partial charge on any atom is 0.246 e. The molecule has 1 amide bonds. The van der Waals surface area contributed by atoms with Crippen LogP contribution in [0.15, 0.2) is 30.5 Å². The maximum atomic E-state index is 11.9. The average molecular weight is 241 g/mol. The SMILES string of the molecule is CCCC1Nc2c(cnc3ccccc23)NC1=O. The summed E-state index contributed by atoms with van der Waals surface area (Å²) in [5.41, 5.74) is 2.69. The fourth-order valence-electron chi connectivity index (χ4n) is 2.34. The fourth-order valence-corrected chi connectivity index (χ4v) is 2.34. The molecule has 1 aromatic carbocycles. The van der Waals surface area contributed by atoms with Crippen LogP contribution in [-0.4, -0.2) is 16.9 Å². The number of para-hydroxylation sites is 1. The highest BCUT2D eigenvalue weighted by Gasteiger charge is 2.25. The molecule has 3 rings (SSSR count). The van der Waals surface area contributed by atoms with Crippen molar-refractivity contribution in [3.05, 3.63) is 30.5 Å². The topological polar surface area (TPSA) is 54.0 Å². The van der Waals surface area contributed by atoms with Gasteiger partial charge in [-0.25, -0.2) is 0 Å².